The third kappa shape index (κ3) is 5.88. The fourth-order valence-electron chi connectivity index (χ4n) is 4.63. The van der Waals surface area contributed by atoms with Crippen molar-refractivity contribution in [2.45, 2.75) is 43.7 Å². The lowest BCUT2D eigenvalue weighted by atomic mass is 9.92. The minimum Gasteiger partial charge on any atom is -0.480 e. The Morgan fingerprint density at radius 1 is 1.05 bits per heavy atom. The van der Waals surface area contributed by atoms with Crippen LogP contribution in [0.3, 0.4) is 0 Å². The number of hydrazine groups is 1. The van der Waals surface area contributed by atoms with Crippen molar-refractivity contribution in [3.8, 4) is 0 Å². The summed E-state index contributed by atoms with van der Waals surface area (Å²) in [5.74, 6) is -1.89. The molecule has 1 aliphatic heterocycles. The van der Waals surface area contributed by atoms with E-state index in [0.717, 1.165) is 10.8 Å². The lowest BCUT2D eigenvalue weighted by molar-refractivity contribution is -0.153. The van der Waals surface area contributed by atoms with E-state index in [9.17, 15) is 23.1 Å². The number of carbonyl (C=O) groups is 2. The number of nitrogens with one attached hydrogen (secondary N) is 3. The van der Waals surface area contributed by atoms with Gasteiger partial charge in [0, 0.05) is 6.54 Å². The molecule has 1 fully saturated rings. The number of amides is 1. The molecular formula is C27H31N5O5S. The van der Waals surface area contributed by atoms with Crippen LogP contribution in [0, 0.1) is 11.3 Å². The normalized spacial score (nSPS) is 18.4. The lowest BCUT2D eigenvalue weighted by Gasteiger charge is -2.40. The summed E-state index contributed by atoms with van der Waals surface area (Å²) < 4.78 is 28.3. The highest BCUT2D eigenvalue weighted by atomic mass is 32.2. The number of hydrogen-bond donors (Lipinski definition) is 4. The van der Waals surface area contributed by atoms with Gasteiger partial charge < -0.3 is 10.0 Å². The van der Waals surface area contributed by atoms with Gasteiger partial charge in [-0.3, -0.25) is 20.6 Å². The van der Waals surface area contributed by atoms with E-state index in [1.165, 1.54) is 22.0 Å². The zero-order chi connectivity index (χ0) is 27.4. The first-order chi connectivity index (χ1) is 18.1. The maximum atomic E-state index is 13.5. The number of fused-ring (bicyclic) bond motifs is 1. The summed E-state index contributed by atoms with van der Waals surface area (Å²) in [6, 6.07) is 18.8. The molecule has 11 heteroatoms. The predicted molar refractivity (Wildman–Crippen MR) is 145 cm³/mol. The van der Waals surface area contributed by atoms with Gasteiger partial charge in [0.05, 0.1) is 10.6 Å². The third-order valence-electron chi connectivity index (χ3n) is 6.71. The van der Waals surface area contributed by atoms with Gasteiger partial charge in [-0.1, -0.05) is 55.5 Å². The average Bonchev–Trinajstić information content (AvgIpc) is 2.90. The van der Waals surface area contributed by atoms with E-state index >= 15 is 0 Å². The molecule has 3 aromatic carbocycles. The Hall–Kier alpha value is -4.12. The second-order valence-electron chi connectivity index (χ2n) is 9.50. The number of carbonyl (C=O) groups excluding carboxylic acids is 1. The lowest BCUT2D eigenvalue weighted by Crippen LogP contribution is -2.60. The molecule has 4 N–H and O–H groups in total. The average molecular weight is 538 g/mol. The molecule has 0 saturated carbocycles. The highest BCUT2D eigenvalue weighted by Crippen LogP contribution is 2.25. The van der Waals surface area contributed by atoms with Gasteiger partial charge in [0.15, 0.2) is 0 Å². The fraction of sp³-hybridized carbons (Fsp3) is 0.296. The van der Waals surface area contributed by atoms with Gasteiger partial charge in [-0.05, 0) is 60.7 Å². The van der Waals surface area contributed by atoms with E-state index in [2.05, 4.69) is 10.1 Å². The van der Waals surface area contributed by atoms with Crippen LogP contribution < -0.4 is 15.2 Å². The van der Waals surface area contributed by atoms with Crippen molar-refractivity contribution in [2.24, 2.45) is 5.92 Å². The van der Waals surface area contributed by atoms with Crippen LogP contribution in [-0.2, 0) is 19.6 Å². The van der Waals surface area contributed by atoms with E-state index in [-0.39, 0.29) is 10.8 Å². The highest BCUT2D eigenvalue weighted by molar-refractivity contribution is 7.90. The topological polar surface area (TPSA) is 143 Å². The number of hydrogen-bond acceptors (Lipinski definition) is 6. The minimum absolute atomic E-state index is 0.00938. The smallest absolute Gasteiger partial charge is 0.326 e. The Kier molecular flexibility index (Phi) is 7.86. The van der Waals surface area contributed by atoms with Gasteiger partial charge >= 0.3 is 5.97 Å². The van der Waals surface area contributed by atoms with Gasteiger partial charge in [-0.25, -0.2) is 17.9 Å². The van der Waals surface area contributed by atoms with Gasteiger partial charge in [0.25, 0.3) is 10.0 Å². The first-order valence-electron chi connectivity index (χ1n) is 12.3. The molecule has 1 saturated heterocycles. The largest absolute Gasteiger partial charge is 0.480 e. The number of rotatable bonds is 7. The van der Waals surface area contributed by atoms with E-state index in [4.69, 9.17) is 5.41 Å². The van der Waals surface area contributed by atoms with Gasteiger partial charge in [-0.15, -0.1) is 0 Å². The SMILES string of the molecule is CC1CCN(C(=O)C(C)N(NC(=N)NS(=O)(=O)c2ccc3ccccc3c2)c2ccccc2)C(C(=O)O)C1. The second kappa shape index (κ2) is 11.1. The number of guanidine groups is 1. The summed E-state index contributed by atoms with van der Waals surface area (Å²) in [6.45, 7) is 3.85. The number of likely N-dealkylation sites (tertiary alicyclic amines) is 1. The molecule has 1 amide bonds. The minimum atomic E-state index is -4.11. The van der Waals surface area contributed by atoms with Gasteiger partial charge in [-0.2, -0.15) is 0 Å². The number of para-hydroxylation sites is 1. The molecule has 0 radical (unpaired) electrons. The summed E-state index contributed by atoms with van der Waals surface area (Å²) >= 11 is 0. The van der Waals surface area contributed by atoms with Crippen molar-refractivity contribution in [3.63, 3.8) is 0 Å². The van der Waals surface area contributed by atoms with E-state index < -0.39 is 39.9 Å². The Bertz CT molecular complexity index is 1450. The van der Waals surface area contributed by atoms with Crippen LogP contribution in [0.1, 0.15) is 26.7 Å². The van der Waals surface area contributed by atoms with E-state index in [1.54, 1.807) is 49.4 Å². The first-order valence-corrected chi connectivity index (χ1v) is 13.8. The Morgan fingerprint density at radius 2 is 1.71 bits per heavy atom. The molecule has 0 aromatic heterocycles. The highest BCUT2D eigenvalue weighted by Gasteiger charge is 2.38. The standard InChI is InChI=1S/C27H31N5O5S/c1-18-14-15-31(24(16-18)26(34)35)25(33)19(2)32(22-10-4-3-5-11-22)29-27(28)30-38(36,37)23-13-12-20-8-6-7-9-21(20)17-23/h3-13,17-19,24H,14-16H2,1-2H3,(H,34,35)(H3,28,29,30). The quantitative estimate of drug-likeness (QED) is 0.206. The maximum Gasteiger partial charge on any atom is 0.326 e. The molecule has 0 spiro atoms. The summed E-state index contributed by atoms with van der Waals surface area (Å²) in [5, 5.41) is 21.1. The molecule has 3 atom stereocenters. The van der Waals surface area contributed by atoms with Crippen LogP contribution >= 0.6 is 0 Å². The van der Waals surface area contributed by atoms with Crippen LogP contribution in [-0.4, -0.2) is 54.9 Å². The number of nitrogens with zero attached hydrogens (tertiary/aromatic N) is 2. The number of anilines is 1. The summed E-state index contributed by atoms with van der Waals surface area (Å²) in [6.07, 6.45) is 1.04. The van der Waals surface area contributed by atoms with Crippen LogP contribution in [0.2, 0.25) is 0 Å². The number of carboxylic acid groups (broad SMARTS) is 1. The molecule has 10 nitrogen and oxygen atoms in total. The van der Waals surface area contributed by atoms with E-state index in [0.29, 0.717) is 25.1 Å². The Labute approximate surface area is 221 Å². The monoisotopic (exact) mass is 537 g/mol. The van der Waals surface area contributed by atoms with Crippen molar-refractivity contribution in [2.75, 3.05) is 11.6 Å². The van der Waals surface area contributed by atoms with Crippen molar-refractivity contribution in [1.82, 2.24) is 15.0 Å². The number of piperidine rings is 1. The first kappa shape index (κ1) is 26.9. The van der Waals surface area contributed by atoms with Crippen molar-refractivity contribution in [1.29, 1.82) is 5.41 Å². The summed E-state index contributed by atoms with van der Waals surface area (Å²) in [5.41, 5.74) is 3.20. The molecule has 1 heterocycles. The summed E-state index contributed by atoms with van der Waals surface area (Å²) in [7, 11) is -4.11. The van der Waals surface area contributed by atoms with Gasteiger partial charge in [0.2, 0.25) is 11.9 Å². The molecule has 1 aliphatic rings. The number of sulfonamides is 1. The molecule has 38 heavy (non-hydrogen) atoms. The molecule has 3 unspecified atom stereocenters. The molecule has 3 aromatic rings. The second-order valence-corrected chi connectivity index (χ2v) is 11.2. The predicted octanol–water partition coefficient (Wildman–Crippen LogP) is 3.16. The molecular weight excluding hydrogens is 506 g/mol. The zero-order valence-electron chi connectivity index (χ0n) is 21.2. The Morgan fingerprint density at radius 3 is 2.39 bits per heavy atom. The van der Waals surface area contributed by atoms with Crippen molar-refractivity contribution >= 4 is 44.3 Å². The number of carboxylic acids is 1. The van der Waals surface area contributed by atoms with Gasteiger partial charge in [0.1, 0.15) is 12.1 Å². The molecule has 0 bridgehead atoms. The van der Waals surface area contributed by atoms with Crippen LogP contribution in [0.25, 0.3) is 10.8 Å². The van der Waals surface area contributed by atoms with Crippen LogP contribution in [0.5, 0.6) is 0 Å². The molecule has 4 rings (SSSR count). The fourth-order valence-corrected chi connectivity index (χ4v) is 5.60. The van der Waals surface area contributed by atoms with E-state index in [1.807, 2.05) is 25.1 Å². The molecule has 200 valence electrons. The number of benzene rings is 3. The Balaban J connectivity index is 1.56. The number of aliphatic carboxylic acids is 1. The summed E-state index contributed by atoms with van der Waals surface area (Å²) in [4.78, 5) is 26.8. The van der Waals surface area contributed by atoms with Crippen LogP contribution in [0.15, 0.2) is 77.7 Å². The van der Waals surface area contributed by atoms with Crippen molar-refractivity contribution < 1.29 is 23.1 Å². The van der Waals surface area contributed by atoms with Crippen molar-refractivity contribution in [3.05, 3.63) is 72.8 Å². The van der Waals surface area contributed by atoms with Crippen LogP contribution in [0.4, 0.5) is 5.69 Å². The molecule has 0 aliphatic carbocycles. The zero-order valence-corrected chi connectivity index (χ0v) is 22.0. The third-order valence-corrected chi connectivity index (χ3v) is 8.06. The maximum absolute atomic E-state index is 13.5.